The molecule has 2 N–H and O–H groups in total. The number of nitrogens with zero attached hydrogens (tertiary/aromatic N) is 3. The van der Waals surface area contributed by atoms with Gasteiger partial charge in [0.05, 0.1) is 18.0 Å². The van der Waals surface area contributed by atoms with Crippen molar-refractivity contribution in [2.75, 3.05) is 18.4 Å². The Morgan fingerprint density at radius 3 is 2.59 bits per heavy atom. The number of hydrogen-bond acceptors (Lipinski definition) is 6. The molecular formula is C31H27ClFN5O. The highest BCUT2D eigenvalue weighted by Crippen LogP contribution is 2.34. The number of fused-ring (bicyclic) bond motifs is 3. The summed E-state index contributed by atoms with van der Waals surface area (Å²) in [5.41, 5.74) is 5.49. The molecule has 1 fully saturated rings. The first-order chi connectivity index (χ1) is 19.0. The Morgan fingerprint density at radius 2 is 1.79 bits per heavy atom. The minimum absolute atomic E-state index is 0.177. The fraction of sp³-hybridized carbons (Fsp3) is 0.226. The molecule has 0 unspecified atom stereocenters. The van der Waals surface area contributed by atoms with Gasteiger partial charge in [-0.3, -0.25) is 9.79 Å². The van der Waals surface area contributed by atoms with E-state index in [1.165, 1.54) is 6.07 Å². The molecule has 1 aromatic heterocycles. The lowest BCUT2D eigenvalue weighted by Crippen LogP contribution is -2.28. The second-order valence-electron chi connectivity index (χ2n) is 9.93. The number of aliphatic imine (C=N–C) groups is 1. The van der Waals surface area contributed by atoms with E-state index in [1.54, 1.807) is 36.5 Å². The third-order valence-electron chi connectivity index (χ3n) is 7.29. The summed E-state index contributed by atoms with van der Waals surface area (Å²) in [5, 5.41) is 7.12. The molecule has 39 heavy (non-hydrogen) atoms. The van der Waals surface area contributed by atoms with Crippen molar-refractivity contribution in [1.29, 1.82) is 0 Å². The monoisotopic (exact) mass is 539 g/mol. The molecule has 6 nitrogen and oxygen atoms in total. The number of nitrogens with one attached hydrogen (secondary N) is 2. The van der Waals surface area contributed by atoms with Crippen LogP contribution >= 0.6 is 11.6 Å². The minimum atomic E-state index is -0.348. The lowest BCUT2D eigenvalue weighted by atomic mass is 9.90. The van der Waals surface area contributed by atoms with E-state index in [1.807, 2.05) is 30.3 Å². The number of anilines is 2. The molecule has 0 radical (unpaired) electrons. The van der Waals surface area contributed by atoms with E-state index in [2.05, 4.69) is 15.6 Å². The molecule has 3 aromatic carbocycles. The zero-order chi connectivity index (χ0) is 26.8. The fourth-order valence-electron chi connectivity index (χ4n) is 5.20. The Hall–Kier alpha value is -3.94. The van der Waals surface area contributed by atoms with Crippen LogP contribution in [0.2, 0.25) is 5.02 Å². The van der Waals surface area contributed by atoms with Crippen LogP contribution in [0, 0.1) is 11.7 Å². The molecule has 0 aliphatic carbocycles. The second-order valence-corrected chi connectivity index (χ2v) is 10.4. The summed E-state index contributed by atoms with van der Waals surface area (Å²) in [7, 11) is 0. The van der Waals surface area contributed by atoms with Gasteiger partial charge < -0.3 is 10.6 Å². The average Bonchev–Trinajstić information content (AvgIpc) is 3.10. The maximum absolute atomic E-state index is 14.8. The van der Waals surface area contributed by atoms with Gasteiger partial charge in [-0.15, -0.1) is 0 Å². The number of ketones is 1. The maximum Gasteiger partial charge on any atom is 0.227 e. The molecule has 0 atom stereocenters. The molecule has 0 saturated carbocycles. The number of halogens is 2. The molecule has 4 aromatic rings. The van der Waals surface area contributed by atoms with Gasteiger partial charge in [0.25, 0.3) is 0 Å². The summed E-state index contributed by atoms with van der Waals surface area (Å²) < 4.78 is 14.8. The number of Topliss-reactive ketones (excluding diaryl/α,β-unsaturated/α-hetero) is 1. The quantitative estimate of drug-likeness (QED) is 0.270. The Balaban J connectivity index is 1.26. The zero-order valence-electron chi connectivity index (χ0n) is 21.3. The highest BCUT2D eigenvalue weighted by Gasteiger charge is 2.23. The van der Waals surface area contributed by atoms with Gasteiger partial charge in [-0.1, -0.05) is 29.8 Å². The van der Waals surface area contributed by atoms with Crippen LogP contribution in [0.4, 0.5) is 16.0 Å². The summed E-state index contributed by atoms with van der Waals surface area (Å²) in [5.74, 6) is 0.692. The summed E-state index contributed by atoms with van der Waals surface area (Å²) in [6.07, 6.45) is 4.42. The normalized spacial score (nSPS) is 15.1. The Bertz CT molecular complexity index is 1560. The second kappa shape index (κ2) is 11.0. The van der Waals surface area contributed by atoms with Crippen LogP contribution < -0.4 is 10.6 Å². The highest BCUT2D eigenvalue weighted by atomic mass is 35.5. The lowest BCUT2D eigenvalue weighted by molar-refractivity contribution is 0.0952. The van der Waals surface area contributed by atoms with E-state index in [9.17, 15) is 9.18 Å². The largest absolute Gasteiger partial charge is 0.324 e. The summed E-state index contributed by atoms with van der Waals surface area (Å²) >= 11 is 6.36. The first-order valence-corrected chi connectivity index (χ1v) is 13.5. The van der Waals surface area contributed by atoms with Crippen LogP contribution in [0.15, 0.2) is 77.9 Å². The van der Waals surface area contributed by atoms with Crippen molar-refractivity contribution in [1.82, 2.24) is 15.3 Å². The van der Waals surface area contributed by atoms with Crippen molar-refractivity contribution < 1.29 is 9.18 Å². The Kier molecular flexibility index (Phi) is 7.18. The topological polar surface area (TPSA) is 79.3 Å². The van der Waals surface area contributed by atoms with Gasteiger partial charge in [-0.2, -0.15) is 0 Å². The molecule has 1 saturated heterocycles. The molecule has 3 heterocycles. The van der Waals surface area contributed by atoms with E-state index < -0.39 is 0 Å². The lowest BCUT2D eigenvalue weighted by Gasteiger charge is -2.21. The van der Waals surface area contributed by atoms with Crippen LogP contribution in [-0.2, 0) is 6.54 Å². The van der Waals surface area contributed by atoms with Crippen LogP contribution in [0.1, 0.15) is 46.3 Å². The Labute approximate surface area is 231 Å². The van der Waals surface area contributed by atoms with E-state index >= 15 is 0 Å². The molecule has 0 bridgehead atoms. The fourth-order valence-corrected chi connectivity index (χ4v) is 5.37. The van der Waals surface area contributed by atoms with Gasteiger partial charge >= 0.3 is 0 Å². The van der Waals surface area contributed by atoms with Crippen molar-refractivity contribution in [3.05, 3.63) is 106 Å². The van der Waals surface area contributed by atoms with Crippen LogP contribution in [0.5, 0.6) is 0 Å². The molecule has 8 heteroatoms. The van der Waals surface area contributed by atoms with Crippen molar-refractivity contribution in [2.45, 2.75) is 25.8 Å². The van der Waals surface area contributed by atoms with E-state index in [4.69, 9.17) is 21.6 Å². The molecule has 2 aliphatic heterocycles. The minimum Gasteiger partial charge on any atom is -0.324 e. The van der Waals surface area contributed by atoms with Crippen LogP contribution in [0.3, 0.4) is 0 Å². The van der Waals surface area contributed by atoms with Crippen molar-refractivity contribution >= 4 is 34.7 Å². The van der Waals surface area contributed by atoms with Crippen LogP contribution in [-0.4, -0.2) is 34.6 Å². The number of carbonyl (C=O) groups is 1. The van der Waals surface area contributed by atoms with Gasteiger partial charge in [0.15, 0.2) is 5.78 Å². The number of hydrogen-bond donors (Lipinski definition) is 2. The van der Waals surface area contributed by atoms with Gasteiger partial charge in [0.1, 0.15) is 5.82 Å². The molecule has 0 amide bonds. The van der Waals surface area contributed by atoms with Gasteiger partial charge in [-0.25, -0.2) is 14.4 Å². The molecule has 2 aliphatic rings. The number of carbonyl (C=O) groups excluding carboxylic acids is 1. The van der Waals surface area contributed by atoms with Crippen molar-refractivity contribution in [3.63, 3.8) is 0 Å². The third-order valence-corrected chi connectivity index (χ3v) is 7.52. The predicted octanol–water partition coefficient (Wildman–Crippen LogP) is 6.60. The Morgan fingerprint density at radius 1 is 1.00 bits per heavy atom. The van der Waals surface area contributed by atoms with E-state index in [0.717, 1.165) is 42.7 Å². The SMILES string of the molecule is O=C(CC1CCNCC1)c1ccc(Nc2ncc3c(n2)-c2ccc(Cl)cc2C(c2ccccc2F)=NC3)cc1. The van der Waals surface area contributed by atoms with Crippen LogP contribution in [0.25, 0.3) is 11.3 Å². The maximum atomic E-state index is 14.8. The molecule has 196 valence electrons. The van der Waals surface area contributed by atoms with Gasteiger partial charge in [-0.05, 0) is 80.4 Å². The van der Waals surface area contributed by atoms with Crippen molar-refractivity contribution in [3.8, 4) is 11.3 Å². The first-order valence-electron chi connectivity index (χ1n) is 13.1. The number of benzene rings is 3. The van der Waals surface area contributed by atoms with E-state index in [-0.39, 0.29) is 11.6 Å². The third kappa shape index (κ3) is 5.46. The smallest absolute Gasteiger partial charge is 0.227 e. The summed E-state index contributed by atoms with van der Waals surface area (Å²) in [6.45, 7) is 2.27. The van der Waals surface area contributed by atoms with Gasteiger partial charge in [0.2, 0.25) is 5.95 Å². The van der Waals surface area contributed by atoms with Crippen molar-refractivity contribution in [2.24, 2.45) is 10.9 Å². The first kappa shape index (κ1) is 25.3. The predicted molar refractivity (Wildman–Crippen MR) is 152 cm³/mol. The molecular weight excluding hydrogens is 513 g/mol. The average molecular weight is 540 g/mol. The molecule has 6 rings (SSSR count). The number of rotatable bonds is 6. The van der Waals surface area contributed by atoms with E-state index in [0.29, 0.717) is 58.0 Å². The standard InChI is InChI=1S/C31H27ClFN5O/c32-22-7-10-24-26(16-22)30(25-3-1-2-4-27(25)33)35-17-21-18-36-31(38-29(21)24)37-23-8-5-20(6-9-23)28(39)15-19-11-13-34-14-12-19/h1-10,16,18-19,34H,11-15,17H2,(H,36,37,38). The summed E-state index contributed by atoms with van der Waals surface area (Å²) in [6, 6.07) is 19.5. The summed E-state index contributed by atoms with van der Waals surface area (Å²) in [4.78, 5) is 26.8. The number of piperidine rings is 1. The van der Waals surface area contributed by atoms with Gasteiger partial charge in [0, 0.05) is 51.1 Å². The highest BCUT2D eigenvalue weighted by molar-refractivity contribution is 6.31. The zero-order valence-corrected chi connectivity index (χ0v) is 22.0. The number of aromatic nitrogens is 2. The molecule has 0 spiro atoms.